The molecule has 0 spiro atoms. The minimum atomic E-state index is -2.70. The zero-order chi connectivity index (χ0) is 20.5. The third kappa shape index (κ3) is 3.76. The summed E-state index contributed by atoms with van der Waals surface area (Å²) in [5, 5.41) is 0. The van der Waals surface area contributed by atoms with Crippen LogP contribution in [0.1, 0.15) is 55.0 Å². The van der Waals surface area contributed by atoms with E-state index in [1.165, 1.54) is 17.7 Å². The predicted octanol–water partition coefficient (Wildman–Crippen LogP) is 5.23. The molecular formula is C21H17BrF2N4O. The van der Waals surface area contributed by atoms with Crippen molar-refractivity contribution in [2.24, 2.45) is 4.99 Å². The van der Waals surface area contributed by atoms with E-state index in [1.54, 1.807) is 24.4 Å². The number of ketones is 1. The number of pyridine rings is 1. The minimum absolute atomic E-state index is 0.0104. The van der Waals surface area contributed by atoms with Gasteiger partial charge in [-0.25, -0.2) is 13.8 Å². The molecule has 0 fully saturated rings. The molecule has 0 aliphatic carbocycles. The van der Waals surface area contributed by atoms with Gasteiger partial charge in [0, 0.05) is 22.7 Å². The van der Waals surface area contributed by atoms with Crippen LogP contribution < -0.4 is 0 Å². The van der Waals surface area contributed by atoms with E-state index in [9.17, 15) is 13.6 Å². The Morgan fingerprint density at radius 2 is 2.07 bits per heavy atom. The van der Waals surface area contributed by atoms with Gasteiger partial charge in [-0.2, -0.15) is 0 Å². The molecule has 148 valence electrons. The van der Waals surface area contributed by atoms with Crippen LogP contribution in [0.3, 0.4) is 0 Å². The summed E-state index contributed by atoms with van der Waals surface area (Å²) in [5.41, 5.74) is 2.24. The molecule has 2 aromatic heterocycles. The molecule has 3 aromatic rings. The molecule has 1 atom stereocenters. The summed E-state index contributed by atoms with van der Waals surface area (Å²) in [6, 6.07) is 10.3. The van der Waals surface area contributed by atoms with Crippen molar-refractivity contribution >= 4 is 27.4 Å². The molecule has 0 saturated heterocycles. The first-order chi connectivity index (χ1) is 14.0. The zero-order valence-electron chi connectivity index (χ0n) is 15.5. The van der Waals surface area contributed by atoms with Crippen LogP contribution in [0.5, 0.6) is 0 Å². The first-order valence-corrected chi connectivity index (χ1v) is 9.89. The molecule has 0 saturated carbocycles. The van der Waals surface area contributed by atoms with E-state index in [2.05, 4.69) is 25.9 Å². The second-order valence-corrected chi connectivity index (χ2v) is 7.70. The highest BCUT2D eigenvalue weighted by Gasteiger charge is 2.30. The standard InChI is InChI=1S/C21H17BrF2N4O/c1-12(29)5-7-16-21-26-11-18(20(23)24)28(21)17-8-6-13(22)10-14(17)19(27-16)15-4-2-3-9-25-15/h2-4,6,8-11,16,20H,5,7H2,1H3/t16-/m0/s1. The number of alkyl halides is 2. The van der Waals surface area contributed by atoms with Crippen LogP contribution in [0.2, 0.25) is 0 Å². The number of benzene rings is 1. The number of aromatic nitrogens is 3. The van der Waals surface area contributed by atoms with Crippen molar-refractivity contribution < 1.29 is 13.6 Å². The number of hydrogen-bond donors (Lipinski definition) is 0. The van der Waals surface area contributed by atoms with E-state index < -0.39 is 12.5 Å². The van der Waals surface area contributed by atoms with Crippen molar-refractivity contribution in [3.05, 3.63) is 76.0 Å². The van der Waals surface area contributed by atoms with Gasteiger partial charge in [0.25, 0.3) is 6.43 Å². The van der Waals surface area contributed by atoms with Gasteiger partial charge in [0.1, 0.15) is 23.3 Å². The fourth-order valence-corrected chi connectivity index (χ4v) is 3.81. The van der Waals surface area contributed by atoms with Gasteiger partial charge in [0.15, 0.2) is 0 Å². The average Bonchev–Trinajstić information content (AvgIpc) is 3.08. The fourth-order valence-electron chi connectivity index (χ4n) is 3.45. The smallest absolute Gasteiger partial charge is 0.280 e. The molecule has 8 heteroatoms. The SMILES string of the molecule is CC(=O)CC[C@@H]1N=C(c2ccccn2)c2cc(Br)ccc2-n2c(C(F)F)cnc21. The van der Waals surface area contributed by atoms with Gasteiger partial charge < -0.3 is 4.79 Å². The highest BCUT2D eigenvalue weighted by atomic mass is 79.9. The van der Waals surface area contributed by atoms with Crippen LogP contribution in [0, 0.1) is 0 Å². The van der Waals surface area contributed by atoms with Gasteiger partial charge in [-0.1, -0.05) is 22.0 Å². The number of carbonyl (C=O) groups excluding carboxylic acids is 1. The zero-order valence-corrected chi connectivity index (χ0v) is 17.1. The lowest BCUT2D eigenvalue weighted by atomic mass is 10.0. The van der Waals surface area contributed by atoms with Crippen LogP contribution in [-0.2, 0) is 4.79 Å². The quantitative estimate of drug-likeness (QED) is 0.525. The van der Waals surface area contributed by atoms with Crippen molar-refractivity contribution in [3.63, 3.8) is 0 Å². The number of imidazole rings is 1. The number of Topliss-reactive ketones (excluding diaryl/α,β-unsaturated/α-hetero) is 1. The fraction of sp³-hybridized carbons (Fsp3) is 0.238. The highest BCUT2D eigenvalue weighted by molar-refractivity contribution is 9.10. The number of aliphatic imine (C=N–C) groups is 1. The van der Waals surface area contributed by atoms with Gasteiger partial charge in [-0.3, -0.25) is 14.5 Å². The van der Waals surface area contributed by atoms with Crippen LogP contribution in [0.4, 0.5) is 8.78 Å². The Morgan fingerprint density at radius 1 is 1.24 bits per heavy atom. The molecule has 1 aliphatic heterocycles. The van der Waals surface area contributed by atoms with Crippen molar-refractivity contribution in [3.8, 4) is 5.69 Å². The van der Waals surface area contributed by atoms with Crippen LogP contribution in [-0.4, -0.2) is 26.0 Å². The average molecular weight is 459 g/mol. The van der Waals surface area contributed by atoms with Gasteiger partial charge in [-0.05, 0) is 43.7 Å². The summed E-state index contributed by atoms with van der Waals surface area (Å²) in [6.45, 7) is 1.50. The summed E-state index contributed by atoms with van der Waals surface area (Å²) in [4.78, 5) is 25.2. The molecular weight excluding hydrogens is 442 g/mol. The molecule has 0 unspecified atom stereocenters. The highest BCUT2D eigenvalue weighted by Crippen LogP contribution is 2.36. The molecule has 0 radical (unpaired) electrons. The Hall–Kier alpha value is -2.74. The summed E-state index contributed by atoms with van der Waals surface area (Å²) < 4.78 is 29.8. The first-order valence-electron chi connectivity index (χ1n) is 9.10. The van der Waals surface area contributed by atoms with Crippen LogP contribution in [0.15, 0.2) is 58.3 Å². The Morgan fingerprint density at radius 3 is 2.76 bits per heavy atom. The van der Waals surface area contributed by atoms with Crippen LogP contribution in [0.25, 0.3) is 5.69 Å². The van der Waals surface area contributed by atoms with Gasteiger partial charge in [0.2, 0.25) is 0 Å². The number of fused-ring (bicyclic) bond motifs is 3. The Labute approximate surface area is 174 Å². The van der Waals surface area contributed by atoms with Gasteiger partial charge in [-0.15, -0.1) is 0 Å². The van der Waals surface area contributed by atoms with E-state index >= 15 is 0 Å². The molecule has 0 amide bonds. The molecule has 4 rings (SSSR count). The van der Waals surface area contributed by atoms with Crippen LogP contribution >= 0.6 is 15.9 Å². The Balaban J connectivity index is 2.00. The summed E-state index contributed by atoms with van der Waals surface area (Å²) in [7, 11) is 0. The topological polar surface area (TPSA) is 60.1 Å². The second-order valence-electron chi connectivity index (χ2n) is 6.79. The molecule has 0 N–H and O–H groups in total. The third-order valence-corrected chi connectivity index (χ3v) is 5.25. The Kier molecular flexibility index (Phi) is 5.36. The predicted molar refractivity (Wildman–Crippen MR) is 109 cm³/mol. The maximum Gasteiger partial charge on any atom is 0.280 e. The number of nitrogens with zero attached hydrogens (tertiary/aromatic N) is 4. The number of carbonyl (C=O) groups is 1. The lowest BCUT2D eigenvalue weighted by molar-refractivity contribution is -0.117. The van der Waals surface area contributed by atoms with Crippen molar-refractivity contribution in [2.45, 2.75) is 32.2 Å². The largest absolute Gasteiger partial charge is 0.300 e. The summed E-state index contributed by atoms with van der Waals surface area (Å²) in [6.07, 6.45) is 0.806. The first kappa shape index (κ1) is 19.6. The van der Waals surface area contributed by atoms with E-state index in [0.717, 1.165) is 4.47 Å². The normalized spacial score (nSPS) is 15.5. The van der Waals surface area contributed by atoms with E-state index in [4.69, 9.17) is 4.99 Å². The Bertz CT molecular complexity index is 1100. The maximum atomic E-state index is 13.8. The molecule has 5 nitrogen and oxygen atoms in total. The van der Waals surface area contributed by atoms with E-state index in [-0.39, 0.29) is 17.9 Å². The molecule has 0 bridgehead atoms. The molecule has 1 aromatic carbocycles. The summed E-state index contributed by atoms with van der Waals surface area (Å²) in [5.74, 6) is 0.410. The molecule has 3 heterocycles. The van der Waals surface area contributed by atoms with Gasteiger partial charge >= 0.3 is 0 Å². The van der Waals surface area contributed by atoms with Crippen molar-refractivity contribution in [1.82, 2.24) is 14.5 Å². The van der Waals surface area contributed by atoms with Gasteiger partial charge in [0.05, 0.1) is 23.3 Å². The molecule has 29 heavy (non-hydrogen) atoms. The number of halogens is 3. The van der Waals surface area contributed by atoms with E-state index in [0.29, 0.717) is 34.9 Å². The second kappa shape index (κ2) is 7.94. The van der Waals surface area contributed by atoms with Crippen molar-refractivity contribution in [1.29, 1.82) is 0 Å². The third-order valence-electron chi connectivity index (χ3n) is 4.75. The summed E-state index contributed by atoms with van der Waals surface area (Å²) >= 11 is 3.47. The number of rotatable bonds is 5. The minimum Gasteiger partial charge on any atom is -0.300 e. The monoisotopic (exact) mass is 458 g/mol. The lowest BCUT2D eigenvalue weighted by Gasteiger charge is -2.15. The number of hydrogen-bond acceptors (Lipinski definition) is 4. The van der Waals surface area contributed by atoms with Crippen molar-refractivity contribution in [2.75, 3.05) is 0 Å². The van der Waals surface area contributed by atoms with E-state index in [1.807, 2.05) is 18.2 Å². The lowest BCUT2D eigenvalue weighted by Crippen LogP contribution is -2.10. The molecule has 1 aliphatic rings. The maximum absolute atomic E-state index is 13.8.